The number of aliphatic hydroxyl groups is 2. The Hall–Kier alpha value is -2.70. The number of phosphoric ester groups is 1. The highest BCUT2D eigenvalue weighted by molar-refractivity contribution is 7.47. The van der Waals surface area contributed by atoms with Crippen LogP contribution in [0.1, 0.15) is 149 Å². The molecule has 1 saturated carbocycles. The lowest BCUT2D eigenvalue weighted by Crippen LogP contribution is -2.37. The van der Waals surface area contributed by atoms with E-state index in [9.17, 15) is 34.1 Å². The minimum Gasteiger partial charge on any atom is -0.462 e. The van der Waals surface area contributed by atoms with Crippen LogP contribution in [0.3, 0.4) is 0 Å². The lowest BCUT2D eigenvalue weighted by Gasteiger charge is -2.24. The number of carbonyl (C=O) groups excluding carboxylic acids is 3. The molecule has 350 valence electrons. The topological polar surface area (TPSA) is 166 Å². The highest BCUT2D eigenvalue weighted by Crippen LogP contribution is 2.43. The van der Waals surface area contributed by atoms with Crippen molar-refractivity contribution in [3.05, 3.63) is 60.8 Å². The van der Waals surface area contributed by atoms with Gasteiger partial charge in [0.25, 0.3) is 0 Å². The number of hydrogen-bond acceptors (Lipinski definition) is 10. The summed E-state index contributed by atoms with van der Waals surface area (Å²) in [6.07, 6.45) is 34.6. The molecule has 0 spiro atoms. The molecule has 0 aromatic heterocycles. The molecule has 3 N–H and O–H groups in total. The van der Waals surface area contributed by atoms with Crippen molar-refractivity contribution in [2.24, 2.45) is 11.8 Å². The van der Waals surface area contributed by atoms with Crippen molar-refractivity contribution in [3.63, 3.8) is 0 Å². The zero-order valence-electron chi connectivity index (χ0n) is 38.3. The number of carbonyl (C=O) groups is 3. The van der Waals surface area contributed by atoms with Crippen molar-refractivity contribution < 1.29 is 57.1 Å². The van der Waals surface area contributed by atoms with Crippen LogP contribution in [0.15, 0.2) is 60.8 Å². The van der Waals surface area contributed by atoms with Crippen LogP contribution in [0, 0.1) is 11.8 Å². The number of unbranched alkanes of at least 4 members (excludes halogenated alkanes) is 9. The van der Waals surface area contributed by atoms with Crippen LogP contribution in [-0.4, -0.2) is 103 Å². The Kier molecular flexibility index (Phi) is 32.1. The molecule has 1 unspecified atom stereocenters. The first-order chi connectivity index (χ1) is 29.2. The molecule has 0 aliphatic heterocycles. The second-order valence-electron chi connectivity index (χ2n) is 17.2. The van der Waals surface area contributed by atoms with Crippen LogP contribution in [0.4, 0.5) is 0 Å². The van der Waals surface area contributed by atoms with Crippen LogP contribution < -0.4 is 0 Å². The number of quaternary nitrogens is 1. The van der Waals surface area contributed by atoms with Gasteiger partial charge in [-0.15, -0.1) is 0 Å². The summed E-state index contributed by atoms with van der Waals surface area (Å²) < 4.78 is 34.2. The Morgan fingerprint density at radius 1 is 0.770 bits per heavy atom. The lowest BCUT2D eigenvalue weighted by molar-refractivity contribution is -0.870. The minimum atomic E-state index is -4.45. The van der Waals surface area contributed by atoms with Gasteiger partial charge in [-0.2, -0.15) is 0 Å². The van der Waals surface area contributed by atoms with Crippen LogP contribution >= 0.6 is 7.82 Å². The smallest absolute Gasteiger partial charge is 0.462 e. The molecule has 1 rings (SSSR count). The Bertz CT molecular complexity index is 1390. The predicted molar refractivity (Wildman–Crippen MR) is 243 cm³/mol. The van der Waals surface area contributed by atoms with Crippen LogP contribution in [0.5, 0.6) is 0 Å². The van der Waals surface area contributed by atoms with Gasteiger partial charge in [-0.05, 0) is 64.2 Å². The highest BCUT2D eigenvalue weighted by Gasteiger charge is 2.39. The van der Waals surface area contributed by atoms with Crippen molar-refractivity contribution in [2.75, 3.05) is 47.5 Å². The molecule has 0 saturated heterocycles. The fourth-order valence-electron chi connectivity index (χ4n) is 6.72. The molecule has 0 aromatic rings. The number of ketones is 1. The van der Waals surface area contributed by atoms with E-state index in [1.165, 1.54) is 19.3 Å². The predicted octanol–water partition coefficient (Wildman–Crippen LogP) is 9.83. The van der Waals surface area contributed by atoms with Crippen LogP contribution in [0.25, 0.3) is 0 Å². The number of allylic oxidation sites excluding steroid dienone is 8. The number of aliphatic hydroxyl groups excluding tert-OH is 2. The Balaban J connectivity index is 2.50. The SMILES string of the molecule is CCCCC/C=C\C/C=C\C/C=C\C/C=C\CCCC(=O)O[C@H](COC(=O)CCCCCC[C@H]1C(=O)C[C@@H](O)[C@@H]1/C=C/[C@@H](O)CCCCC)COP(=O)(O)OCC[N+](C)(C)C. The van der Waals surface area contributed by atoms with Crippen molar-refractivity contribution in [3.8, 4) is 0 Å². The maximum absolute atomic E-state index is 12.7. The van der Waals surface area contributed by atoms with Gasteiger partial charge in [-0.1, -0.05) is 126 Å². The number of hydrogen-bond donors (Lipinski definition) is 3. The fourth-order valence-corrected chi connectivity index (χ4v) is 7.47. The van der Waals surface area contributed by atoms with Gasteiger partial charge in [0.05, 0.1) is 40.0 Å². The first-order valence-corrected chi connectivity index (χ1v) is 24.6. The maximum atomic E-state index is 12.7. The second kappa shape index (κ2) is 34.7. The van der Waals surface area contributed by atoms with Gasteiger partial charge in [0, 0.05) is 31.1 Å². The monoisotopic (exact) mass is 881 g/mol. The van der Waals surface area contributed by atoms with E-state index < -0.39 is 44.7 Å². The van der Waals surface area contributed by atoms with Gasteiger partial charge in [-0.3, -0.25) is 23.4 Å². The molecular weight excluding hydrogens is 797 g/mol. The van der Waals surface area contributed by atoms with E-state index >= 15 is 0 Å². The molecular formula is C48H83NO11P+. The zero-order valence-corrected chi connectivity index (χ0v) is 39.2. The number of ether oxygens (including phenoxy) is 2. The lowest BCUT2D eigenvalue weighted by atomic mass is 9.88. The van der Waals surface area contributed by atoms with Gasteiger partial charge < -0.3 is 29.1 Å². The molecule has 12 nitrogen and oxygen atoms in total. The van der Waals surface area contributed by atoms with Crippen molar-refractivity contribution >= 4 is 25.5 Å². The van der Waals surface area contributed by atoms with E-state index in [4.69, 9.17) is 18.5 Å². The van der Waals surface area contributed by atoms with E-state index in [1.807, 2.05) is 33.3 Å². The van der Waals surface area contributed by atoms with Crippen LogP contribution in [0.2, 0.25) is 0 Å². The van der Waals surface area contributed by atoms with E-state index in [0.717, 1.165) is 64.2 Å². The average Bonchev–Trinajstić information content (AvgIpc) is 3.47. The second-order valence-corrected chi connectivity index (χ2v) is 18.7. The first-order valence-electron chi connectivity index (χ1n) is 23.1. The van der Waals surface area contributed by atoms with E-state index in [1.54, 1.807) is 6.08 Å². The standard InChI is InChI=1S/C48H82NO11P/c1-6-8-10-11-12-13-14-15-16-17-18-19-20-21-22-23-29-33-48(54)60-42(40-59-61(55,56)58-37-36-49(3,4)5)39-57-47(53)32-28-25-24-27-31-43-44(46(52)38-45(43)51)35-34-41(50)30-26-9-7-2/h12-13,15-16,18-19,21-22,34-35,41-44,46,50,52H,6-11,14,17,20,23-33,36-40H2,1-5H3/p+1/b13-12-,16-15-,19-18-,22-21-,35-34+/t41-,42+,43+,44+,46+/m0/s1. The van der Waals surface area contributed by atoms with Crippen molar-refractivity contribution in [1.29, 1.82) is 0 Å². The van der Waals surface area contributed by atoms with E-state index in [2.05, 4.69) is 56.4 Å². The van der Waals surface area contributed by atoms with Gasteiger partial charge in [0.1, 0.15) is 25.5 Å². The number of phosphoric acid groups is 1. The summed E-state index contributed by atoms with van der Waals surface area (Å²) in [5, 5.41) is 20.8. The molecule has 0 aromatic carbocycles. The quantitative estimate of drug-likeness (QED) is 0.0179. The van der Waals surface area contributed by atoms with Crippen LogP contribution in [-0.2, 0) is 37.5 Å². The molecule has 0 bridgehead atoms. The Labute approximate surface area is 368 Å². The summed E-state index contributed by atoms with van der Waals surface area (Å²) in [5.41, 5.74) is 0. The van der Waals surface area contributed by atoms with E-state index in [0.29, 0.717) is 43.1 Å². The summed E-state index contributed by atoms with van der Waals surface area (Å²) in [6.45, 7) is 3.94. The van der Waals surface area contributed by atoms with E-state index in [-0.39, 0.29) is 50.1 Å². The third kappa shape index (κ3) is 31.7. The summed E-state index contributed by atoms with van der Waals surface area (Å²) >= 11 is 0. The van der Waals surface area contributed by atoms with Gasteiger partial charge in [-0.25, -0.2) is 4.57 Å². The summed E-state index contributed by atoms with van der Waals surface area (Å²) in [5.74, 6) is -1.56. The largest absolute Gasteiger partial charge is 0.472 e. The third-order valence-corrected chi connectivity index (χ3v) is 11.4. The molecule has 6 atom stereocenters. The number of nitrogens with zero attached hydrogens (tertiary/aromatic N) is 1. The third-order valence-electron chi connectivity index (χ3n) is 10.4. The minimum absolute atomic E-state index is 0.0198. The van der Waals surface area contributed by atoms with Crippen molar-refractivity contribution in [2.45, 2.75) is 167 Å². The Morgan fingerprint density at radius 3 is 2.00 bits per heavy atom. The molecule has 1 aliphatic rings. The number of Topliss-reactive ketones (excluding diaryl/α,β-unsaturated/α-hetero) is 1. The fraction of sp³-hybridized carbons (Fsp3) is 0.729. The van der Waals surface area contributed by atoms with Gasteiger partial charge in [0.15, 0.2) is 6.10 Å². The zero-order chi connectivity index (χ0) is 45.2. The molecule has 1 aliphatic carbocycles. The molecule has 0 radical (unpaired) electrons. The average molecular weight is 881 g/mol. The number of rotatable bonds is 37. The first kappa shape index (κ1) is 56.3. The summed E-state index contributed by atoms with van der Waals surface area (Å²) in [6, 6.07) is 0. The van der Waals surface area contributed by atoms with Gasteiger partial charge in [0.2, 0.25) is 0 Å². The molecule has 0 heterocycles. The number of likely N-dealkylation sites (N-methyl/N-ethyl adjacent to an activating group) is 1. The highest BCUT2D eigenvalue weighted by atomic mass is 31.2. The van der Waals surface area contributed by atoms with Crippen molar-refractivity contribution in [1.82, 2.24) is 0 Å². The number of esters is 2. The maximum Gasteiger partial charge on any atom is 0.472 e. The molecule has 61 heavy (non-hydrogen) atoms. The normalized spacial score (nSPS) is 19.5. The van der Waals surface area contributed by atoms with Gasteiger partial charge >= 0.3 is 19.8 Å². The summed E-state index contributed by atoms with van der Waals surface area (Å²) in [7, 11) is 1.30. The molecule has 13 heteroatoms. The Morgan fingerprint density at radius 2 is 1.36 bits per heavy atom. The molecule has 0 amide bonds. The summed E-state index contributed by atoms with van der Waals surface area (Å²) in [4.78, 5) is 48.2. The molecule has 1 fully saturated rings.